The van der Waals surface area contributed by atoms with Crippen LogP contribution in [0.1, 0.15) is 27.7 Å². The van der Waals surface area contributed by atoms with E-state index in [1.165, 1.54) is 21.9 Å². The van der Waals surface area contributed by atoms with Crippen molar-refractivity contribution in [2.45, 2.75) is 20.4 Å². The summed E-state index contributed by atoms with van der Waals surface area (Å²) in [7, 11) is -3.51. The van der Waals surface area contributed by atoms with Crippen LogP contribution in [0.3, 0.4) is 0 Å². The quantitative estimate of drug-likeness (QED) is 0.335. The first-order chi connectivity index (χ1) is 16.2. The van der Waals surface area contributed by atoms with Gasteiger partial charge in [-0.05, 0) is 73.3 Å². The van der Waals surface area contributed by atoms with Crippen LogP contribution in [-0.2, 0) is 16.6 Å². The number of anilines is 2. The summed E-state index contributed by atoms with van der Waals surface area (Å²) in [5.74, 6) is 0.530. The molecular formula is C26H26N2O4S2. The Hall–Kier alpha value is -3.36. The Morgan fingerprint density at radius 2 is 1.71 bits per heavy atom. The zero-order chi connectivity index (χ0) is 24.3. The minimum atomic E-state index is -3.51. The van der Waals surface area contributed by atoms with Crippen LogP contribution in [0.15, 0.2) is 72.8 Å². The number of carbonyl (C=O) groups is 1. The highest BCUT2D eigenvalue weighted by Gasteiger charge is 2.19. The van der Waals surface area contributed by atoms with Gasteiger partial charge in [0, 0.05) is 10.4 Å². The summed E-state index contributed by atoms with van der Waals surface area (Å²) in [6.45, 7) is 4.73. The number of amides is 1. The highest BCUT2D eigenvalue weighted by atomic mass is 32.2. The molecule has 4 aromatic rings. The number of nitrogens with one attached hydrogen (secondary N) is 1. The zero-order valence-corrected chi connectivity index (χ0v) is 20.9. The van der Waals surface area contributed by atoms with Gasteiger partial charge in [-0.15, -0.1) is 11.3 Å². The summed E-state index contributed by atoms with van der Waals surface area (Å²) < 4.78 is 32.9. The van der Waals surface area contributed by atoms with Gasteiger partial charge < -0.3 is 10.1 Å². The lowest BCUT2D eigenvalue weighted by molar-refractivity contribution is 0.103. The van der Waals surface area contributed by atoms with E-state index in [0.717, 1.165) is 27.0 Å². The van der Waals surface area contributed by atoms with Gasteiger partial charge in [0.2, 0.25) is 10.0 Å². The molecule has 0 aliphatic heterocycles. The maximum absolute atomic E-state index is 12.8. The van der Waals surface area contributed by atoms with Gasteiger partial charge in [0.1, 0.15) is 5.75 Å². The number of carbonyl (C=O) groups excluding carboxylic acids is 1. The van der Waals surface area contributed by atoms with Crippen LogP contribution < -0.4 is 14.4 Å². The first-order valence-electron chi connectivity index (χ1n) is 10.8. The number of nitrogens with zero attached hydrogens (tertiary/aromatic N) is 1. The average molecular weight is 495 g/mol. The highest BCUT2D eigenvalue weighted by molar-refractivity contribution is 7.92. The fraction of sp³-hybridized carbons (Fsp3) is 0.192. The van der Waals surface area contributed by atoms with E-state index in [2.05, 4.69) is 5.32 Å². The second-order valence-corrected chi connectivity index (χ2v) is 11.0. The number of thiophene rings is 1. The van der Waals surface area contributed by atoms with Crippen molar-refractivity contribution < 1.29 is 17.9 Å². The Kier molecular flexibility index (Phi) is 6.90. The molecule has 1 N–H and O–H groups in total. The van der Waals surface area contributed by atoms with E-state index >= 15 is 0 Å². The first kappa shape index (κ1) is 23.8. The molecule has 0 saturated carbocycles. The molecule has 3 aromatic carbocycles. The average Bonchev–Trinajstić information content (AvgIpc) is 3.23. The summed E-state index contributed by atoms with van der Waals surface area (Å²) in [6, 6.07) is 22.2. The largest absolute Gasteiger partial charge is 0.494 e. The van der Waals surface area contributed by atoms with Crippen LogP contribution >= 0.6 is 11.3 Å². The smallest absolute Gasteiger partial charge is 0.265 e. The van der Waals surface area contributed by atoms with Crippen LogP contribution in [0, 0.1) is 6.92 Å². The molecule has 0 radical (unpaired) electrons. The minimum Gasteiger partial charge on any atom is -0.494 e. The number of ether oxygens (including phenoxy) is 1. The number of hydrogen-bond acceptors (Lipinski definition) is 5. The predicted octanol–water partition coefficient (Wildman–Crippen LogP) is 5.83. The third-order valence-corrected chi connectivity index (χ3v) is 7.54. The fourth-order valence-electron chi connectivity index (χ4n) is 3.55. The SMILES string of the molecule is CCOc1ccc(NC(=O)c2cc3cc(N(Cc4ccc(C)cc4)S(C)(=O)=O)ccc3s2)cc1. The van der Waals surface area contributed by atoms with Crippen molar-refractivity contribution in [3.8, 4) is 5.75 Å². The van der Waals surface area contributed by atoms with Gasteiger partial charge in [-0.25, -0.2) is 8.42 Å². The molecule has 34 heavy (non-hydrogen) atoms. The second kappa shape index (κ2) is 9.87. The van der Waals surface area contributed by atoms with Gasteiger partial charge in [0.05, 0.1) is 30.0 Å². The molecule has 6 nitrogen and oxygen atoms in total. The molecular weight excluding hydrogens is 468 g/mol. The molecule has 1 heterocycles. The maximum Gasteiger partial charge on any atom is 0.265 e. The summed E-state index contributed by atoms with van der Waals surface area (Å²) in [5.41, 5.74) is 3.25. The lowest BCUT2D eigenvalue weighted by Crippen LogP contribution is -2.29. The second-order valence-electron chi connectivity index (χ2n) is 8.00. The Labute approximate surface area is 203 Å². The molecule has 8 heteroatoms. The molecule has 0 spiro atoms. The predicted molar refractivity (Wildman–Crippen MR) is 140 cm³/mol. The summed E-state index contributed by atoms with van der Waals surface area (Å²) in [4.78, 5) is 13.3. The van der Waals surface area contributed by atoms with Crippen LogP contribution in [0.4, 0.5) is 11.4 Å². The number of fused-ring (bicyclic) bond motifs is 1. The number of aryl methyl sites for hydroxylation is 1. The minimum absolute atomic E-state index is 0.216. The van der Waals surface area contributed by atoms with Crippen molar-refractivity contribution in [2.75, 3.05) is 22.5 Å². The van der Waals surface area contributed by atoms with Crippen LogP contribution in [0.25, 0.3) is 10.1 Å². The Balaban J connectivity index is 1.57. The van der Waals surface area contributed by atoms with E-state index in [4.69, 9.17) is 4.74 Å². The topological polar surface area (TPSA) is 75.7 Å². The van der Waals surface area contributed by atoms with Gasteiger partial charge in [0.15, 0.2) is 0 Å². The standard InChI is InChI=1S/C26H26N2O4S2/c1-4-32-23-12-9-21(10-13-23)27-26(29)25-16-20-15-22(11-14-24(20)33-25)28(34(3,30)31)17-19-7-5-18(2)6-8-19/h5-16H,4,17H2,1-3H3,(H,27,29). The third-order valence-electron chi connectivity index (χ3n) is 5.28. The molecule has 0 unspecified atom stereocenters. The van der Waals surface area contributed by atoms with Crippen molar-refractivity contribution in [1.82, 2.24) is 0 Å². The van der Waals surface area contributed by atoms with Gasteiger partial charge in [-0.3, -0.25) is 9.10 Å². The van der Waals surface area contributed by atoms with Crippen LogP contribution in [-0.4, -0.2) is 27.2 Å². The van der Waals surface area contributed by atoms with Crippen molar-refractivity contribution in [1.29, 1.82) is 0 Å². The van der Waals surface area contributed by atoms with Crippen molar-refractivity contribution >= 4 is 48.7 Å². The molecule has 0 fully saturated rings. The summed E-state index contributed by atoms with van der Waals surface area (Å²) >= 11 is 1.36. The van der Waals surface area contributed by atoms with E-state index in [-0.39, 0.29) is 12.5 Å². The highest BCUT2D eigenvalue weighted by Crippen LogP contribution is 2.31. The Morgan fingerprint density at radius 3 is 2.35 bits per heavy atom. The molecule has 0 aliphatic rings. The summed E-state index contributed by atoms with van der Waals surface area (Å²) in [5, 5.41) is 3.71. The van der Waals surface area contributed by atoms with Crippen molar-refractivity contribution in [3.63, 3.8) is 0 Å². The molecule has 1 amide bonds. The van der Waals surface area contributed by atoms with E-state index < -0.39 is 10.0 Å². The van der Waals surface area contributed by atoms with E-state index in [1.54, 1.807) is 24.3 Å². The number of sulfonamides is 1. The lowest BCUT2D eigenvalue weighted by Gasteiger charge is -2.22. The third kappa shape index (κ3) is 5.58. The fourth-order valence-corrected chi connectivity index (χ4v) is 5.37. The molecule has 0 atom stereocenters. The zero-order valence-electron chi connectivity index (χ0n) is 19.2. The molecule has 4 rings (SSSR count). The van der Waals surface area contributed by atoms with E-state index in [1.807, 2.05) is 62.4 Å². The van der Waals surface area contributed by atoms with Crippen molar-refractivity contribution in [3.05, 3.63) is 88.8 Å². The summed E-state index contributed by atoms with van der Waals surface area (Å²) in [6.07, 6.45) is 1.20. The Morgan fingerprint density at radius 1 is 1.00 bits per heavy atom. The number of hydrogen-bond donors (Lipinski definition) is 1. The number of rotatable bonds is 8. The molecule has 1 aromatic heterocycles. The monoisotopic (exact) mass is 494 g/mol. The van der Waals surface area contributed by atoms with E-state index in [9.17, 15) is 13.2 Å². The molecule has 176 valence electrons. The van der Waals surface area contributed by atoms with Gasteiger partial charge in [-0.1, -0.05) is 29.8 Å². The van der Waals surface area contributed by atoms with Crippen LogP contribution in [0.5, 0.6) is 5.75 Å². The van der Waals surface area contributed by atoms with E-state index in [0.29, 0.717) is 22.9 Å². The lowest BCUT2D eigenvalue weighted by atomic mass is 10.1. The van der Waals surface area contributed by atoms with Gasteiger partial charge in [0.25, 0.3) is 5.91 Å². The van der Waals surface area contributed by atoms with Crippen LogP contribution in [0.2, 0.25) is 0 Å². The molecule has 0 bridgehead atoms. The Bertz CT molecular complexity index is 1410. The first-order valence-corrected chi connectivity index (χ1v) is 13.5. The normalized spacial score (nSPS) is 11.4. The molecule has 0 aliphatic carbocycles. The van der Waals surface area contributed by atoms with Gasteiger partial charge >= 0.3 is 0 Å². The number of benzene rings is 3. The van der Waals surface area contributed by atoms with Crippen molar-refractivity contribution in [2.24, 2.45) is 0 Å². The van der Waals surface area contributed by atoms with Gasteiger partial charge in [-0.2, -0.15) is 0 Å². The molecule has 0 saturated heterocycles. The maximum atomic E-state index is 12.8.